The Hall–Kier alpha value is -2.12. The highest BCUT2D eigenvalue weighted by atomic mass is 32.2. The molecule has 0 spiro atoms. The van der Waals surface area contributed by atoms with E-state index in [1.807, 2.05) is 25.3 Å². The Morgan fingerprint density at radius 3 is 2.76 bits per heavy atom. The van der Waals surface area contributed by atoms with E-state index < -0.39 is 9.84 Å². The van der Waals surface area contributed by atoms with E-state index in [-0.39, 0.29) is 6.04 Å². The van der Waals surface area contributed by atoms with E-state index in [0.29, 0.717) is 4.90 Å². The number of nitrogens with zero attached hydrogens (tertiary/aromatic N) is 1. The van der Waals surface area contributed by atoms with E-state index in [9.17, 15) is 8.42 Å². The standard InChI is InChI=1S/C18H24N4O2S/c1-13-9-17-18(21-10-13)22-15(12-20-17)11-19-8-7-14-3-5-16(6-4-14)25(2,23)24/h3-6,9-10,15,19-20H,7-8,11-12H2,1-2H3,(H,21,22)/t15-/m0/s1. The summed E-state index contributed by atoms with van der Waals surface area (Å²) in [5, 5.41) is 10.3. The molecule has 6 nitrogen and oxygen atoms in total. The number of aryl methyl sites for hydroxylation is 1. The summed E-state index contributed by atoms with van der Waals surface area (Å²) in [6.45, 7) is 4.56. The number of fused-ring (bicyclic) bond motifs is 1. The quantitative estimate of drug-likeness (QED) is 0.682. The lowest BCUT2D eigenvalue weighted by molar-refractivity contribution is 0.601. The molecule has 25 heavy (non-hydrogen) atoms. The Morgan fingerprint density at radius 1 is 1.28 bits per heavy atom. The molecule has 0 radical (unpaired) electrons. The van der Waals surface area contributed by atoms with Crippen LogP contribution in [0.25, 0.3) is 0 Å². The van der Waals surface area contributed by atoms with E-state index in [1.54, 1.807) is 12.1 Å². The zero-order chi connectivity index (χ0) is 17.9. The second kappa shape index (κ2) is 7.41. The van der Waals surface area contributed by atoms with Crippen LogP contribution in [0.1, 0.15) is 11.1 Å². The minimum absolute atomic E-state index is 0.287. The number of rotatable bonds is 6. The van der Waals surface area contributed by atoms with Gasteiger partial charge in [-0.05, 0) is 49.2 Å². The predicted octanol–water partition coefficient (Wildman–Crippen LogP) is 1.83. The van der Waals surface area contributed by atoms with Crippen molar-refractivity contribution < 1.29 is 8.42 Å². The van der Waals surface area contributed by atoms with Crippen molar-refractivity contribution in [2.45, 2.75) is 24.3 Å². The second-order valence-electron chi connectivity index (χ2n) is 6.50. The third-order valence-electron chi connectivity index (χ3n) is 4.24. The molecule has 3 rings (SSSR count). The zero-order valence-corrected chi connectivity index (χ0v) is 15.4. The topological polar surface area (TPSA) is 83.1 Å². The molecule has 1 atom stereocenters. The van der Waals surface area contributed by atoms with Gasteiger partial charge >= 0.3 is 0 Å². The van der Waals surface area contributed by atoms with Gasteiger partial charge in [-0.1, -0.05) is 12.1 Å². The van der Waals surface area contributed by atoms with Gasteiger partial charge in [0.25, 0.3) is 0 Å². The molecule has 3 N–H and O–H groups in total. The minimum atomic E-state index is -3.12. The van der Waals surface area contributed by atoms with Gasteiger partial charge in [-0.25, -0.2) is 13.4 Å². The van der Waals surface area contributed by atoms with Crippen molar-refractivity contribution in [3.63, 3.8) is 0 Å². The SMILES string of the molecule is Cc1cnc2c(c1)NC[C@H](CNCCc1ccc(S(C)(=O)=O)cc1)N2. The van der Waals surface area contributed by atoms with Crippen molar-refractivity contribution in [3.8, 4) is 0 Å². The average Bonchev–Trinajstić information content (AvgIpc) is 2.58. The van der Waals surface area contributed by atoms with Gasteiger partial charge in [0.15, 0.2) is 9.84 Å². The number of pyridine rings is 1. The molecule has 0 amide bonds. The summed E-state index contributed by atoms with van der Waals surface area (Å²) >= 11 is 0. The summed E-state index contributed by atoms with van der Waals surface area (Å²) in [6, 6.07) is 9.47. The fraction of sp³-hybridized carbons (Fsp3) is 0.389. The molecule has 1 aliphatic heterocycles. The van der Waals surface area contributed by atoms with Crippen molar-refractivity contribution in [3.05, 3.63) is 47.7 Å². The fourth-order valence-electron chi connectivity index (χ4n) is 2.83. The summed E-state index contributed by atoms with van der Waals surface area (Å²) in [4.78, 5) is 4.79. The average molecular weight is 360 g/mol. The summed E-state index contributed by atoms with van der Waals surface area (Å²) in [5.41, 5.74) is 3.32. The molecule has 0 bridgehead atoms. The highest BCUT2D eigenvalue weighted by Gasteiger charge is 2.17. The largest absolute Gasteiger partial charge is 0.380 e. The molecule has 7 heteroatoms. The third-order valence-corrected chi connectivity index (χ3v) is 5.37. The van der Waals surface area contributed by atoms with E-state index in [2.05, 4.69) is 27.0 Å². The molecular formula is C18H24N4O2S. The van der Waals surface area contributed by atoms with Crippen LogP contribution < -0.4 is 16.0 Å². The van der Waals surface area contributed by atoms with Crippen molar-refractivity contribution in [2.75, 3.05) is 36.5 Å². The van der Waals surface area contributed by atoms with E-state index >= 15 is 0 Å². The van der Waals surface area contributed by atoms with Gasteiger partial charge in [0.05, 0.1) is 16.6 Å². The maximum Gasteiger partial charge on any atom is 0.175 e. The maximum atomic E-state index is 11.5. The van der Waals surface area contributed by atoms with Crippen LogP contribution >= 0.6 is 0 Å². The molecule has 134 valence electrons. The normalized spacial score (nSPS) is 16.6. The first-order chi connectivity index (χ1) is 11.9. The Labute approximate surface area is 149 Å². The van der Waals surface area contributed by atoms with Crippen molar-refractivity contribution in [2.24, 2.45) is 0 Å². The summed E-state index contributed by atoms with van der Waals surface area (Å²) in [5.74, 6) is 0.903. The maximum absolute atomic E-state index is 11.5. The summed E-state index contributed by atoms with van der Waals surface area (Å²) in [7, 11) is -3.12. The first-order valence-electron chi connectivity index (χ1n) is 8.38. The van der Waals surface area contributed by atoms with Crippen LogP contribution in [0.4, 0.5) is 11.5 Å². The lowest BCUT2D eigenvalue weighted by Gasteiger charge is -2.27. The summed E-state index contributed by atoms with van der Waals surface area (Å²) < 4.78 is 22.9. The Kier molecular flexibility index (Phi) is 5.24. The Balaban J connectivity index is 1.44. The molecule has 2 heterocycles. The van der Waals surface area contributed by atoms with E-state index in [0.717, 1.165) is 48.7 Å². The predicted molar refractivity (Wildman–Crippen MR) is 101 cm³/mol. The highest BCUT2D eigenvalue weighted by Crippen LogP contribution is 2.23. The lowest BCUT2D eigenvalue weighted by atomic mass is 10.1. The fourth-order valence-corrected chi connectivity index (χ4v) is 3.46. The van der Waals surface area contributed by atoms with Gasteiger partial charge in [0, 0.05) is 25.5 Å². The second-order valence-corrected chi connectivity index (χ2v) is 8.52. The number of hydrogen-bond donors (Lipinski definition) is 3. The smallest absolute Gasteiger partial charge is 0.175 e. The number of hydrogen-bond acceptors (Lipinski definition) is 6. The Morgan fingerprint density at radius 2 is 2.04 bits per heavy atom. The van der Waals surface area contributed by atoms with Gasteiger partial charge in [-0.3, -0.25) is 0 Å². The molecular weight excluding hydrogens is 336 g/mol. The van der Waals surface area contributed by atoms with Crippen LogP contribution in [-0.4, -0.2) is 45.3 Å². The molecule has 1 aliphatic rings. The van der Waals surface area contributed by atoms with Gasteiger partial charge in [-0.15, -0.1) is 0 Å². The zero-order valence-electron chi connectivity index (χ0n) is 14.5. The highest BCUT2D eigenvalue weighted by molar-refractivity contribution is 7.90. The van der Waals surface area contributed by atoms with Crippen LogP contribution in [0.15, 0.2) is 41.4 Å². The van der Waals surface area contributed by atoms with E-state index in [4.69, 9.17) is 0 Å². The van der Waals surface area contributed by atoms with Crippen LogP contribution in [0.3, 0.4) is 0 Å². The van der Waals surface area contributed by atoms with E-state index in [1.165, 1.54) is 6.26 Å². The van der Waals surface area contributed by atoms with Crippen molar-refractivity contribution >= 4 is 21.3 Å². The first kappa shape index (κ1) is 17.7. The monoisotopic (exact) mass is 360 g/mol. The molecule has 0 unspecified atom stereocenters. The number of benzene rings is 1. The lowest BCUT2D eigenvalue weighted by Crippen LogP contribution is -2.41. The van der Waals surface area contributed by atoms with Gasteiger partial charge in [-0.2, -0.15) is 0 Å². The molecule has 2 aromatic rings. The summed E-state index contributed by atoms with van der Waals surface area (Å²) in [6.07, 6.45) is 3.95. The molecule has 0 fully saturated rings. The van der Waals surface area contributed by atoms with Gasteiger partial charge in [0.1, 0.15) is 5.82 Å². The molecule has 0 aliphatic carbocycles. The third kappa shape index (κ3) is 4.70. The molecule has 1 aromatic heterocycles. The van der Waals surface area contributed by atoms with Crippen LogP contribution in [-0.2, 0) is 16.3 Å². The van der Waals surface area contributed by atoms with Crippen LogP contribution in [0.5, 0.6) is 0 Å². The number of aromatic nitrogens is 1. The molecule has 0 saturated heterocycles. The van der Waals surface area contributed by atoms with Crippen LogP contribution in [0.2, 0.25) is 0 Å². The van der Waals surface area contributed by atoms with Gasteiger partial charge in [0.2, 0.25) is 0 Å². The first-order valence-corrected chi connectivity index (χ1v) is 10.3. The van der Waals surface area contributed by atoms with Gasteiger partial charge < -0.3 is 16.0 Å². The van der Waals surface area contributed by atoms with Crippen molar-refractivity contribution in [1.82, 2.24) is 10.3 Å². The number of sulfone groups is 1. The van der Waals surface area contributed by atoms with Crippen LogP contribution in [0, 0.1) is 6.92 Å². The number of anilines is 2. The number of nitrogens with one attached hydrogen (secondary N) is 3. The molecule has 0 saturated carbocycles. The van der Waals surface area contributed by atoms with Crippen molar-refractivity contribution in [1.29, 1.82) is 0 Å². The minimum Gasteiger partial charge on any atom is -0.380 e. The molecule has 1 aromatic carbocycles. The Bertz CT molecular complexity index is 835.